The third-order valence-electron chi connectivity index (χ3n) is 9.77. The number of thiazole rings is 1. The Kier molecular flexibility index (Phi) is 6.83. The summed E-state index contributed by atoms with van der Waals surface area (Å²) in [6, 6.07) is 54.6. The van der Waals surface area contributed by atoms with Gasteiger partial charge in [0, 0.05) is 53.2 Å². The van der Waals surface area contributed by atoms with E-state index in [1.54, 1.807) is 22.7 Å². The number of hydrogen-bond acceptors (Lipinski definition) is 7. The lowest BCUT2D eigenvalue weighted by atomic mass is 9.99. The molecule has 0 aliphatic heterocycles. The molecule has 0 radical (unpaired) electrons. The molecule has 11 aromatic rings. The number of aromatic nitrogens is 4. The van der Waals surface area contributed by atoms with Gasteiger partial charge in [-0.25, -0.2) is 19.9 Å². The molecule has 0 unspecified atom stereocenters. The Morgan fingerprint density at radius 1 is 0.377 bits per heavy atom. The van der Waals surface area contributed by atoms with Gasteiger partial charge in [0.15, 0.2) is 17.5 Å². The van der Waals surface area contributed by atoms with Crippen LogP contribution in [-0.4, -0.2) is 19.9 Å². The Bertz CT molecular complexity index is 3160. The van der Waals surface area contributed by atoms with Gasteiger partial charge in [0.25, 0.3) is 0 Å². The van der Waals surface area contributed by atoms with E-state index in [0.717, 1.165) is 65.8 Å². The predicted octanol–water partition coefficient (Wildman–Crippen LogP) is 13.1. The molecule has 0 aliphatic carbocycles. The summed E-state index contributed by atoms with van der Waals surface area (Å²) in [5.41, 5.74) is 8.69. The van der Waals surface area contributed by atoms with Gasteiger partial charge < -0.3 is 4.42 Å². The third kappa shape index (κ3) is 5.12. The first-order valence-corrected chi connectivity index (χ1v) is 19.0. The van der Waals surface area contributed by atoms with E-state index in [1.807, 2.05) is 48.5 Å². The van der Waals surface area contributed by atoms with Gasteiger partial charge >= 0.3 is 0 Å². The first kappa shape index (κ1) is 30.1. The highest BCUT2D eigenvalue weighted by Gasteiger charge is 2.19. The lowest BCUT2D eigenvalue weighted by molar-refractivity contribution is 0.669. The van der Waals surface area contributed by atoms with Crippen LogP contribution in [0.15, 0.2) is 162 Å². The highest BCUT2D eigenvalue weighted by molar-refractivity contribution is 7.25. The number of thiophene rings is 1. The van der Waals surface area contributed by atoms with Crippen molar-refractivity contribution >= 4 is 75.0 Å². The minimum absolute atomic E-state index is 0.598. The second-order valence-corrected chi connectivity index (χ2v) is 15.2. The molecule has 5 nitrogen and oxygen atoms in total. The molecule has 0 saturated carbocycles. The van der Waals surface area contributed by atoms with Gasteiger partial charge in [-0.15, -0.1) is 22.7 Å². The average Bonchev–Trinajstić information content (AvgIpc) is 3.94. The second kappa shape index (κ2) is 12.0. The van der Waals surface area contributed by atoms with Crippen LogP contribution in [0.25, 0.3) is 108 Å². The van der Waals surface area contributed by atoms with Crippen LogP contribution in [-0.2, 0) is 0 Å². The van der Waals surface area contributed by atoms with Gasteiger partial charge in [-0.05, 0) is 71.8 Å². The Labute approximate surface area is 311 Å². The maximum absolute atomic E-state index is 6.46. The first-order valence-electron chi connectivity index (χ1n) is 17.4. The van der Waals surface area contributed by atoms with Crippen molar-refractivity contribution < 1.29 is 4.42 Å². The van der Waals surface area contributed by atoms with Crippen molar-refractivity contribution in [2.75, 3.05) is 0 Å². The molecule has 11 rings (SSSR count). The molecule has 4 heterocycles. The van der Waals surface area contributed by atoms with E-state index < -0.39 is 0 Å². The smallest absolute Gasteiger partial charge is 0.164 e. The van der Waals surface area contributed by atoms with Gasteiger partial charge in [-0.1, -0.05) is 97.1 Å². The number of hydrogen-bond donors (Lipinski definition) is 0. The van der Waals surface area contributed by atoms with Gasteiger partial charge in [-0.2, -0.15) is 0 Å². The molecule has 0 saturated heterocycles. The zero-order valence-electron chi connectivity index (χ0n) is 28.0. The number of rotatable bonds is 5. The first-order chi connectivity index (χ1) is 26.2. The van der Waals surface area contributed by atoms with E-state index in [1.165, 1.54) is 24.9 Å². The van der Waals surface area contributed by atoms with E-state index in [2.05, 4.69) is 109 Å². The summed E-state index contributed by atoms with van der Waals surface area (Å²) in [6.07, 6.45) is 0. The van der Waals surface area contributed by atoms with Crippen LogP contribution in [0.5, 0.6) is 0 Å². The topological polar surface area (TPSA) is 64.7 Å². The summed E-state index contributed by atoms with van der Waals surface area (Å²) in [5, 5.41) is 5.43. The molecule has 53 heavy (non-hydrogen) atoms. The van der Waals surface area contributed by atoms with Crippen molar-refractivity contribution in [3.05, 3.63) is 158 Å². The molecule has 0 N–H and O–H groups in total. The molecule has 7 aromatic carbocycles. The minimum atomic E-state index is 0.598. The van der Waals surface area contributed by atoms with Crippen molar-refractivity contribution in [2.24, 2.45) is 0 Å². The van der Waals surface area contributed by atoms with Crippen molar-refractivity contribution in [1.82, 2.24) is 19.9 Å². The molecular formula is C46H26N4OS2. The molecule has 248 valence electrons. The van der Waals surface area contributed by atoms with Crippen LogP contribution < -0.4 is 0 Å². The van der Waals surface area contributed by atoms with Gasteiger partial charge in [0.1, 0.15) is 16.2 Å². The van der Waals surface area contributed by atoms with E-state index in [0.29, 0.717) is 17.5 Å². The van der Waals surface area contributed by atoms with E-state index >= 15 is 0 Å². The normalized spacial score (nSPS) is 11.8. The maximum atomic E-state index is 6.46. The fourth-order valence-corrected chi connectivity index (χ4v) is 9.28. The number of para-hydroxylation sites is 1. The van der Waals surface area contributed by atoms with Crippen LogP contribution in [0.2, 0.25) is 0 Å². The number of fused-ring (bicyclic) bond motifs is 7. The van der Waals surface area contributed by atoms with Gasteiger partial charge in [-0.3, -0.25) is 0 Å². The summed E-state index contributed by atoms with van der Waals surface area (Å²) in [4.78, 5) is 20.3. The Hall–Kier alpha value is -6.54. The lowest BCUT2D eigenvalue weighted by Gasteiger charge is -2.10. The second-order valence-electron chi connectivity index (χ2n) is 13.0. The van der Waals surface area contributed by atoms with Gasteiger partial charge in [0.05, 0.1) is 10.2 Å². The predicted molar refractivity (Wildman–Crippen MR) is 220 cm³/mol. The SMILES string of the molecule is c1ccc(-c2nc(-c3ccc4sc5ccccc5c4c3)nc(-c3cccc4oc5ccc(-c6cccc(-c7nc8ccccc8s7)c6)cc5c34)n2)cc1. The molecule has 0 fully saturated rings. The lowest BCUT2D eigenvalue weighted by Crippen LogP contribution is -2.00. The van der Waals surface area contributed by atoms with Crippen molar-refractivity contribution in [3.63, 3.8) is 0 Å². The molecule has 7 heteroatoms. The number of nitrogens with zero attached hydrogens (tertiary/aromatic N) is 4. The zero-order chi connectivity index (χ0) is 34.9. The standard InChI is InChI=1S/C46H26N4OS2/c1-2-10-27(11-3-1)43-48-44(30-21-23-40-34(26-30)32-14-4-6-18-39(32)52-40)50-45(49-43)33-15-9-17-38-42(33)35-25-29(20-22-37(35)51-38)28-12-8-13-31(24-28)46-47-36-16-5-7-19-41(36)53-46/h1-26H. The molecule has 0 spiro atoms. The fraction of sp³-hybridized carbons (Fsp3) is 0. The summed E-state index contributed by atoms with van der Waals surface area (Å²) in [7, 11) is 0. The summed E-state index contributed by atoms with van der Waals surface area (Å²) < 4.78 is 10.2. The Morgan fingerprint density at radius 2 is 1.06 bits per heavy atom. The van der Waals surface area contributed by atoms with Gasteiger partial charge in [0.2, 0.25) is 0 Å². The molecule has 0 amide bonds. The molecule has 4 aromatic heterocycles. The third-order valence-corrected chi connectivity index (χ3v) is 12.0. The molecule has 0 bridgehead atoms. The molecule has 0 atom stereocenters. The average molecular weight is 715 g/mol. The Balaban J connectivity index is 1.08. The van der Waals surface area contributed by atoms with Crippen LogP contribution >= 0.6 is 22.7 Å². The number of furan rings is 1. The highest BCUT2D eigenvalue weighted by atomic mass is 32.1. The van der Waals surface area contributed by atoms with Crippen LogP contribution in [0.4, 0.5) is 0 Å². The monoisotopic (exact) mass is 714 g/mol. The van der Waals surface area contributed by atoms with Crippen LogP contribution in [0.1, 0.15) is 0 Å². The van der Waals surface area contributed by atoms with Crippen molar-refractivity contribution in [3.8, 4) is 55.9 Å². The summed E-state index contributed by atoms with van der Waals surface area (Å²) in [5.74, 6) is 1.85. The molecular weight excluding hydrogens is 689 g/mol. The number of benzene rings is 7. The van der Waals surface area contributed by atoms with Crippen LogP contribution in [0, 0.1) is 0 Å². The van der Waals surface area contributed by atoms with E-state index in [9.17, 15) is 0 Å². The van der Waals surface area contributed by atoms with Crippen molar-refractivity contribution in [2.45, 2.75) is 0 Å². The van der Waals surface area contributed by atoms with E-state index in [4.69, 9.17) is 24.4 Å². The van der Waals surface area contributed by atoms with E-state index in [-0.39, 0.29) is 0 Å². The molecule has 0 aliphatic rings. The summed E-state index contributed by atoms with van der Waals surface area (Å²) in [6.45, 7) is 0. The van der Waals surface area contributed by atoms with Crippen molar-refractivity contribution in [1.29, 1.82) is 0 Å². The zero-order valence-corrected chi connectivity index (χ0v) is 29.7. The maximum Gasteiger partial charge on any atom is 0.164 e. The minimum Gasteiger partial charge on any atom is -0.456 e. The summed E-state index contributed by atoms with van der Waals surface area (Å²) >= 11 is 3.52. The Morgan fingerprint density at radius 3 is 1.96 bits per heavy atom. The highest BCUT2D eigenvalue weighted by Crippen LogP contribution is 2.40. The van der Waals surface area contributed by atoms with Crippen LogP contribution in [0.3, 0.4) is 0 Å². The fourth-order valence-electron chi connectivity index (χ4n) is 7.23. The largest absolute Gasteiger partial charge is 0.456 e. The quantitative estimate of drug-likeness (QED) is 0.178.